The van der Waals surface area contributed by atoms with Gasteiger partial charge in [0.25, 0.3) is 0 Å². The van der Waals surface area contributed by atoms with Crippen molar-refractivity contribution in [1.82, 2.24) is 0 Å². The van der Waals surface area contributed by atoms with Gasteiger partial charge in [0.15, 0.2) is 0 Å². The summed E-state index contributed by atoms with van der Waals surface area (Å²) in [7, 11) is 0. The molecule has 1 aromatic rings. The molecule has 0 bridgehead atoms. The van der Waals surface area contributed by atoms with E-state index in [-0.39, 0.29) is 5.75 Å². The monoisotopic (exact) mass is 225 g/mol. The summed E-state index contributed by atoms with van der Waals surface area (Å²) >= 11 is -2.78. The molecule has 7 heteroatoms. The van der Waals surface area contributed by atoms with Crippen LogP contribution >= 0.6 is 0 Å². The summed E-state index contributed by atoms with van der Waals surface area (Å²) in [4.78, 5) is 0. The molecule has 0 amide bonds. The van der Waals surface area contributed by atoms with Gasteiger partial charge in [0.1, 0.15) is 17.1 Å². The van der Waals surface area contributed by atoms with Crippen molar-refractivity contribution >= 4 is 11.4 Å². The van der Waals surface area contributed by atoms with Gasteiger partial charge in [-0.2, -0.15) is 13.2 Å². The molecule has 0 aliphatic rings. The lowest BCUT2D eigenvalue weighted by Gasteiger charge is -2.09. The molecule has 1 unspecified atom stereocenters. The second-order valence-electron chi connectivity index (χ2n) is 2.31. The van der Waals surface area contributed by atoms with E-state index < -0.39 is 23.1 Å². The average Bonchev–Trinajstić information content (AvgIpc) is 2.02. The topological polar surface area (TPSA) is 49.4 Å². The lowest BCUT2D eigenvalue weighted by Crippen LogP contribution is -2.04. The van der Waals surface area contributed by atoms with Crippen molar-refractivity contribution in [1.29, 1.82) is 0 Å². The van der Waals surface area contributed by atoms with E-state index in [1.54, 1.807) is 0 Å². The normalized spacial score (nSPS) is 13.7. The van der Waals surface area contributed by atoms with Gasteiger partial charge in [-0.05, 0) is 24.3 Å². The van der Waals surface area contributed by atoms with Crippen LogP contribution in [0.3, 0.4) is 0 Å². The second kappa shape index (κ2) is 3.97. The van der Waals surface area contributed by atoms with Crippen LogP contribution in [0.25, 0.3) is 0 Å². The molecule has 0 radical (unpaired) electrons. The fourth-order valence-corrected chi connectivity index (χ4v) is 1.05. The van der Waals surface area contributed by atoms with Gasteiger partial charge >= 0.3 is 6.18 Å². The molecule has 1 atom stereocenters. The van der Waals surface area contributed by atoms with E-state index in [4.69, 9.17) is 0 Å². The van der Waals surface area contributed by atoms with Gasteiger partial charge in [-0.3, -0.25) is 0 Å². The third-order valence-corrected chi connectivity index (χ3v) is 1.67. The Hall–Kier alpha value is -1.08. The highest BCUT2D eigenvalue weighted by Crippen LogP contribution is 2.30. The molecule has 0 N–H and O–H groups in total. The number of rotatable bonds is 2. The van der Waals surface area contributed by atoms with Gasteiger partial charge in [-0.25, -0.2) is 4.21 Å². The Morgan fingerprint density at radius 2 is 1.71 bits per heavy atom. The zero-order chi connectivity index (χ0) is 10.8. The van der Waals surface area contributed by atoms with E-state index in [9.17, 15) is 21.9 Å². The first kappa shape index (κ1) is 11.0. The highest BCUT2D eigenvalue weighted by Gasteiger charge is 2.29. The lowest BCUT2D eigenvalue weighted by atomic mass is 10.2. The molecular formula is C7H4F3O3S-. The standard InChI is InChI=1S/C7H5F3O3S/c8-7(9,10)5-1-3-6(4-2-5)13-14(11)12/h1-4H,(H,11,12)/p-1. The minimum Gasteiger partial charge on any atom is -0.740 e. The summed E-state index contributed by atoms with van der Waals surface area (Å²) in [6.45, 7) is 0. The lowest BCUT2D eigenvalue weighted by molar-refractivity contribution is -0.137. The van der Waals surface area contributed by atoms with Crippen molar-refractivity contribution in [3.05, 3.63) is 29.8 Å². The van der Waals surface area contributed by atoms with Crippen LogP contribution in [0.5, 0.6) is 5.75 Å². The number of benzene rings is 1. The van der Waals surface area contributed by atoms with Crippen molar-refractivity contribution in [2.75, 3.05) is 0 Å². The molecule has 0 aliphatic heterocycles. The Kier molecular flexibility index (Phi) is 3.12. The molecule has 1 aromatic carbocycles. The van der Waals surface area contributed by atoms with Crippen LogP contribution < -0.4 is 4.18 Å². The SMILES string of the molecule is O=S([O-])Oc1ccc(C(F)(F)F)cc1. The highest BCUT2D eigenvalue weighted by atomic mass is 32.2. The maximum absolute atomic E-state index is 12.0. The summed E-state index contributed by atoms with van der Waals surface area (Å²) in [5.74, 6) is -0.161. The molecule has 0 aromatic heterocycles. The van der Waals surface area contributed by atoms with Crippen LogP contribution in [-0.4, -0.2) is 8.76 Å². The largest absolute Gasteiger partial charge is 0.740 e. The predicted molar refractivity (Wildman–Crippen MR) is 41.0 cm³/mol. The Bertz CT molecular complexity index is 333. The summed E-state index contributed by atoms with van der Waals surface area (Å²) in [6, 6.07) is 3.33. The zero-order valence-corrected chi connectivity index (χ0v) is 7.39. The maximum Gasteiger partial charge on any atom is 0.416 e. The first-order valence-corrected chi connectivity index (χ1v) is 4.34. The van der Waals surface area contributed by atoms with E-state index >= 15 is 0 Å². The van der Waals surface area contributed by atoms with Crippen LogP contribution in [-0.2, 0) is 17.5 Å². The minimum atomic E-state index is -4.44. The minimum absolute atomic E-state index is 0.161. The fraction of sp³-hybridized carbons (Fsp3) is 0.143. The van der Waals surface area contributed by atoms with E-state index in [0.29, 0.717) is 0 Å². The van der Waals surface area contributed by atoms with E-state index in [1.807, 2.05) is 0 Å². The van der Waals surface area contributed by atoms with Crippen LogP contribution in [0.4, 0.5) is 13.2 Å². The highest BCUT2D eigenvalue weighted by molar-refractivity contribution is 7.74. The van der Waals surface area contributed by atoms with E-state index in [0.717, 1.165) is 24.3 Å². The van der Waals surface area contributed by atoms with Gasteiger partial charge in [-0.15, -0.1) is 0 Å². The van der Waals surface area contributed by atoms with Crippen LogP contribution in [0.1, 0.15) is 5.56 Å². The molecule has 0 saturated carbocycles. The van der Waals surface area contributed by atoms with Crippen LogP contribution in [0, 0.1) is 0 Å². The summed E-state index contributed by atoms with van der Waals surface area (Å²) in [6.07, 6.45) is -4.44. The average molecular weight is 225 g/mol. The number of hydrogen-bond acceptors (Lipinski definition) is 3. The van der Waals surface area contributed by atoms with Crippen molar-refractivity contribution in [3.8, 4) is 5.75 Å². The fourth-order valence-electron chi connectivity index (χ4n) is 0.778. The summed E-state index contributed by atoms with van der Waals surface area (Å²) in [5.41, 5.74) is -0.860. The maximum atomic E-state index is 12.0. The predicted octanol–water partition coefficient (Wildman–Crippen LogP) is 1.88. The molecule has 0 spiro atoms. The first-order chi connectivity index (χ1) is 6.39. The van der Waals surface area contributed by atoms with Crippen LogP contribution in [0.2, 0.25) is 0 Å². The zero-order valence-electron chi connectivity index (χ0n) is 6.58. The van der Waals surface area contributed by atoms with Gasteiger partial charge < -0.3 is 8.74 Å². The van der Waals surface area contributed by atoms with Gasteiger partial charge in [-0.1, -0.05) is 0 Å². The third-order valence-electron chi connectivity index (χ3n) is 1.35. The molecule has 0 saturated heterocycles. The summed E-state index contributed by atoms with van der Waals surface area (Å²) < 4.78 is 60.2. The van der Waals surface area contributed by atoms with Crippen molar-refractivity contribution in [2.45, 2.75) is 6.18 Å². The quantitative estimate of drug-likeness (QED) is 0.722. The summed E-state index contributed by atoms with van der Waals surface area (Å²) in [5, 5.41) is 0. The molecule has 0 aliphatic carbocycles. The molecule has 14 heavy (non-hydrogen) atoms. The van der Waals surface area contributed by atoms with E-state index in [2.05, 4.69) is 4.18 Å². The smallest absolute Gasteiger partial charge is 0.416 e. The number of halogens is 3. The van der Waals surface area contributed by atoms with Gasteiger partial charge in [0.05, 0.1) is 5.56 Å². The van der Waals surface area contributed by atoms with E-state index in [1.165, 1.54) is 0 Å². The second-order valence-corrected chi connectivity index (χ2v) is 2.88. The third kappa shape index (κ3) is 3.00. The van der Waals surface area contributed by atoms with Crippen molar-refractivity contribution in [2.24, 2.45) is 0 Å². The number of alkyl halides is 3. The Morgan fingerprint density at radius 1 is 1.21 bits per heavy atom. The number of hydrogen-bond donors (Lipinski definition) is 0. The van der Waals surface area contributed by atoms with Crippen LogP contribution in [0.15, 0.2) is 24.3 Å². The van der Waals surface area contributed by atoms with Crippen molar-refractivity contribution < 1.29 is 26.1 Å². The molecule has 3 nitrogen and oxygen atoms in total. The Balaban J connectivity index is 2.84. The molecule has 1 rings (SSSR count). The molecule has 0 heterocycles. The molecule has 78 valence electrons. The Morgan fingerprint density at radius 3 is 2.07 bits per heavy atom. The molecule has 0 fully saturated rings. The van der Waals surface area contributed by atoms with Gasteiger partial charge in [0.2, 0.25) is 0 Å². The molecular weight excluding hydrogens is 221 g/mol. The first-order valence-electron chi connectivity index (χ1n) is 3.34. The van der Waals surface area contributed by atoms with Crippen molar-refractivity contribution in [3.63, 3.8) is 0 Å². The van der Waals surface area contributed by atoms with Gasteiger partial charge in [0, 0.05) is 0 Å². The Labute approximate surface area is 80.0 Å².